The van der Waals surface area contributed by atoms with Crippen LogP contribution in [0.2, 0.25) is 0 Å². The predicted molar refractivity (Wildman–Crippen MR) is 129 cm³/mol. The van der Waals surface area contributed by atoms with Crippen molar-refractivity contribution in [3.8, 4) is 0 Å². The molecule has 2 atom stereocenters. The topological polar surface area (TPSA) is 58.2 Å². The number of amides is 1. The first kappa shape index (κ1) is 20.9. The number of pyridine rings is 1. The van der Waals surface area contributed by atoms with E-state index in [1.54, 1.807) is 0 Å². The Balaban J connectivity index is 1.25. The minimum Gasteiger partial charge on any atom is -0.381 e. The Kier molecular flexibility index (Phi) is 5.25. The number of ether oxygens (including phenoxy) is 1. The smallest absolute Gasteiger partial charge is 0.233 e. The highest BCUT2D eigenvalue weighted by atomic mass is 16.5. The third-order valence-electron chi connectivity index (χ3n) is 8.45. The number of hydrogen-bond acceptors (Lipinski definition) is 3. The van der Waals surface area contributed by atoms with E-state index in [2.05, 4.69) is 58.2 Å². The molecule has 2 aromatic heterocycles. The van der Waals surface area contributed by atoms with Crippen LogP contribution < -0.4 is 0 Å². The van der Waals surface area contributed by atoms with Crippen LogP contribution in [0, 0.1) is 12.8 Å². The number of piperidine rings is 1. The number of aryl methyl sites for hydroxylation is 1. The summed E-state index contributed by atoms with van der Waals surface area (Å²) in [4.78, 5) is 24.3. The van der Waals surface area contributed by atoms with Crippen molar-refractivity contribution in [1.82, 2.24) is 14.9 Å². The Bertz CT molecular complexity index is 1150. The molecule has 0 unspecified atom stereocenters. The number of carbonyl (C=O) groups is 1. The van der Waals surface area contributed by atoms with Crippen molar-refractivity contribution in [2.24, 2.45) is 5.92 Å². The molecule has 5 heteroatoms. The Labute approximate surface area is 195 Å². The van der Waals surface area contributed by atoms with Gasteiger partial charge >= 0.3 is 0 Å². The fraction of sp³-hybridized carbons (Fsp3) is 0.500. The van der Waals surface area contributed by atoms with E-state index in [0.717, 1.165) is 50.6 Å². The van der Waals surface area contributed by atoms with Gasteiger partial charge in [0, 0.05) is 43.1 Å². The van der Waals surface area contributed by atoms with Crippen molar-refractivity contribution < 1.29 is 9.53 Å². The number of nitrogens with zero attached hydrogens (tertiary/aromatic N) is 2. The molecule has 3 saturated heterocycles. The molecular weight excluding hydrogens is 410 g/mol. The van der Waals surface area contributed by atoms with Gasteiger partial charge in [-0.1, -0.05) is 29.8 Å². The lowest BCUT2D eigenvalue weighted by Gasteiger charge is -2.46. The van der Waals surface area contributed by atoms with Crippen molar-refractivity contribution in [3.63, 3.8) is 0 Å². The average Bonchev–Trinajstić information content (AvgIpc) is 3.42. The van der Waals surface area contributed by atoms with Crippen molar-refractivity contribution in [2.75, 3.05) is 13.2 Å². The molecule has 3 aromatic rings. The number of aromatic amines is 1. The second kappa shape index (κ2) is 8.28. The second-order valence-corrected chi connectivity index (χ2v) is 10.4. The van der Waals surface area contributed by atoms with Gasteiger partial charge in [0.05, 0.1) is 5.41 Å². The van der Waals surface area contributed by atoms with Gasteiger partial charge in [-0.25, -0.2) is 4.98 Å². The molecule has 0 spiro atoms. The summed E-state index contributed by atoms with van der Waals surface area (Å²) in [6, 6.07) is 13.7. The summed E-state index contributed by atoms with van der Waals surface area (Å²) < 4.78 is 5.72. The maximum absolute atomic E-state index is 14.3. The van der Waals surface area contributed by atoms with Crippen LogP contribution in [0.1, 0.15) is 55.2 Å². The van der Waals surface area contributed by atoms with Crippen LogP contribution in [0.4, 0.5) is 0 Å². The molecule has 5 nitrogen and oxygen atoms in total. The number of benzene rings is 1. The van der Waals surface area contributed by atoms with Gasteiger partial charge in [0.2, 0.25) is 5.91 Å². The number of hydrogen-bond donors (Lipinski definition) is 1. The molecule has 0 aliphatic carbocycles. The fourth-order valence-corrected chi connectivity index (χ4v) is 6.83. The predicted octanol–water partition coefficient (Wildman–Crippen LogP) is 4.93. The van der Waals surface area contributed by atoms with Crippen LogP contribution in [0.5, 0.6) is 0 Å². The van der Waals surface area contributed by atoms with Gasteiger partial charge in [-0.3, -0.25) is 4.79 Å². The summed E-state index contributed by atoms with van der Waals surface area (Å²) >= 11 is 0. The first-order chi connectivity index (χ1) is 16.1. The first-order valence-electron chi connectivity index (χ1n) is 12.5. The monoisotopic (exact) mass is 443 g/mol. The van der Waals surface area contributed by atoms with Gasteiger partial charge in [0.25, 0.3) is 0 Å². The molecule has 1 N–H and O–H groups in total. The highest BCUT2D eigenvalue weighted by Crippen LogP contribution is 2.45. The molecule has 33 heavy (non-hydrogen) atoms. The minimum absolute atomic E-state index is 0.360. The average molecular weight is 444 g/mol. The SMILES string of the molecule is Cc1cccc(C2(C(=O)N3[C@H]4CC[C@H]3CC(Cc3ccnc5[nH]ccc35)C4)CCOCC2)c1. The normalized spacial score (nSPS) is 26.6. The zero-order chi connectivity index (χ0) is 22.4. The summed E-state index contributed by atoms with van der Waals surface area (Å²) in [6.07, 6.45) is 11.0. The van der Waals surface area contributed by atoms with Crippen LogP contribution in [-0.2, 0) is 21.4 Å². The largest absolute Gasteiger partial charge is 0.381 e. The summed E-state index contributed by atoms with van der Waals surface area (Å²) in [5, 5.41) is 1.24. The van der Waals surface area contributed by atoms with Gasteiger partial charge in [-0.2, -0.15) is 0 Å². The zero-order valence-electron chi connectivity index (χ0n) is 19.4. The maximum Gasteiger partial charge on any atom is 0.233 e. The Morgan fingerprint density at radius 2 is 1.94 bits per heavy atom. The first-order valence-corrected chi connectivity index (χ1v) is 12.5. The Hall–Kier alpha value is -2.66. The summed E-state index contributed by atoms with van der Waals surface area (Å²) in [6.45, 7) is 3.46. The highest BCUT2D eigenvalue weighted by molar-refractivity contribution is 5.89. The van der Waals surface area contributed by atoms with E-state index in [-0.39, 0.29) is 0 Å². The highest BCUT2D eigenvalue weighted by Gasteiger charge is 2.51. The van der Waals surface area contributed by atoms with Crippen molar-refractivity contribution in [2.45, 2.75) is 69.4 Å². The molecule has 5 heterocycles. The van der Waals surface area contributed by atoms with E-state index in [0.29, 0.717) is 37.1 Å². The Morgan fingerprint density at radius 1 is 1.15 bits per heavy atom. The van der Waals surface area contributed by atoms with Crippen LogP contribution in [0.3, 0.4) is 0 Å². The molecule has 3 aliphatic heterocycles. The third kappa shape index (κ3) is 3.57. The van der Waals surface area contributed by atoms with Crippen LogP contribution in [0.25, 0.3) is 11.0 Å². The van der Waals surface area contributed by atoms with Gasteiger partial charge in [-0.15, -0.1) is 0 Å². The van der Waals surface area contributed by atoms with E-state index in [1.807, 2.05) is 12.4 Å². The molecule has 3 aliphatic rings. The van der Waals surface area contributed by atoms with Gasteiger partial charge in [0.1, 0.15) is 5.65 Å². The quantitative estimate of drug-likeness (QED) is 0.622. The number of H-pyrrole nitrogens is 1. The van der Waals surface area contributed by atoms with Crippen LogP contribution >= 0.6 is 0 Å². The van der Waals surface area contributed by atoms with E-state index in [9.17, 15) is 4.79 Å². The second-order valence-electron chi connectivity index (χ2n) is 10.4. The zero-order valence-corrected chi connectivity index (χ0v) is 19.4. The standard InChI is InChI=1S/C28H33N3O2/c1-19-3-2-4-22(15-19)28(9-13-33-14-10-28)27(32)31-23-5-6-24(31)18-20(17-23)16-21-7-11-29-26-25(21)8-12-30-26/h2-4,7-8,11-12,15,20,23-24H,5-6,9-10,13-14,16-18H2,1H3,(H,29,30)/t23-,24-/m0/s1. The summed E-state index contributed by atoms with van der Waals surface area (Å²) in [7, 11) is 0. The molecule has 1 aromatic carbocycles. The maximum atomic E-state index is 14.3. The lowest BCUT2D eigenvalue weighted by atomic mass is 9.71. The molecule has 6 rings (SSSR count). The van der Waals surface area contributed by atoms with Crippen LogP contribution in [0.15, 0.2) is 48.8 Å². The third-order valence-corrected chi connectivity index (χ3v) is 8.45. The Morgan fingerprint density at radius 3 is 2.70 bits per heavy atom. The molecular formula is C28H33N3O2. The van der Waals surface area contributed by atoms with Gasteiger partial charge in [0.15, 0.2) is 0 Å². The van der Waals surface area contributed by atoms with Crippen molar-refractivity contribution in [1.29, 1.82) is 0 Å². The fourth-order valence-electron chi connectivity index (χ4n) is 6.83. The lowest BCUT2D eigenvalue weighted by Crippen LogP contribution is -2.56. The summed E-state index contributed by atoms with van der Waals surface area (Å²) in [5.41, 5.74) is 4.33. The number of fused-ring (bicyclic) bond motifs is 3. The molecule has 1 amide bonds. The van der Waals surface area contributed by atoms with E-state index >= 15 is 0 Å². The van der Waals surface area contributed by atoms with Crippen LogP contribution in [-0.4, -0.2) is 46.1 Å². The molecule has 2 bridgehead atoms. The van der Waals surface area contributed by atoms with Gasteiger partial charge in [-0.05, 0) is 81.0 Å². The molecule has 172 valence electrons. The number of nitrogens with one attached hydrogen (secondary N) is 1. The van der Waals surface area contributed by atoms with Crippen molar-refractivity contribution >= 4 is 16.9 Å². The number of carbonyl (C=O) groups excluding carboxylic acids is 1. The van der Waals surface area contributed by atoms with Gasteiger partial charge < -0.3 is 14.6 Å². The van der Waals surface area contributed by atoms with E-state index in [4.69, 9.17) is 4.74 Å². The number of rotatable bonds is 4. The summed E-state index contributed by atoms with van der Waals surface area (Å²) in [5.74, 6) is 0.982. The van der Waals surface area contributed by atoms with Crippen molar-refractivity contribution in [3.05, 3.63) is 65.5 Å². The molecule has 0 saturated carbocycles. The minimum atomic E-state index is -0.430. The molecule has 0 radical (unpaired) electrons. The van der Waals surface area contributed by atoms with E-state index in [1.165, 1.54) is 22.1 Å². The van der Waals surface area contributed by atoms with E-state index < -0.39 is 5.41 Å². The number of aromatic nitrogens is 2. The lowest BCUT2D eigenvalue weighted by molar-refractivity contribution is -0.146. The molecule has 3 fully saturated rings.